The van der Waals surface area contributed by atoms with Crippen LogP contribution in [-0.4, -0.2) is 12.0 Å². The summed E-state index contributed by atoms with van der Waals surface area (Å²) in [6, 6.07) is 7.92. The minimum atomic E-state index is -0.958. The second-order valence-electron chi connectivity index (χ2n) is 4.25. The van der Waals surface area contributed by atoms with Crippen molar-refractivity contribution in [2.24, 2.45) is 0 Å². The Balaban J connectivity index is 2.14. The highest BCUT2D eigenvalue weighted by atomic mass is 19.2. The van der Waals surface area contributed by atoms with Crippen LogP contribution in [0.2, 0.25) is 0 Å². The van der Waals surface area contributed by atoms with E-state index in [1.807, 2.05) is 0 Å². The molecule has 21 heavy (non-hydrogen) atoms. The van der Waals surface area contributed by atoms with Crippen molar-refractivity contribution in [1.29, 1.82) is 0 Å². The zero-order chi connectivity index (χ0) is 15.4. The van der Waals surface area contributed by atoms with Crippen LogP contribution >= 0.6 is 0 Å². The molecule has 0 aliphatic rings. The van der Waals surface area contributed by atoms with Crippen molar-refractivity contribution in [2.45, 2.75) is 6.54 Å². The summed E-state index contributed by atoms with van der Waals surface area (Å²) in [7, 11) is 1.35. The summed E-state index contributed by atoms with van der Waals surface area (Å²) in [5.41, 5.74) is 0.849. The van der Waals surface area contributed by atoms with E-state index in [2.05, 4.69) is 5.32 Å². The standard InChI is InChI=1S/C14H12F2N2O3/c1-21-14-5-2-9(6-13(14)18(19)20)8-17-10-3-4-11(15)12(16)7-10/h2-7,17H,8H2,1H3. The van der Waals surface area contributed by atoms with Crippen LogP contribution in [0.4, 0.5) is 20.2 Å². The average molecular weight is 294 g/mol. The molecule has 0 atom stereocenters. The Kier molecular flexibility index (Phi) is 4.32. The zero-order valence-corrected chi connectivity index (χ0v) is 11.1. The number of ether oxygens (including phenoxy) is 1. The van der Waals surface area contributed by atoms with E-state index >= 15 is 0 Å². The highest BCUT2D eigenvalue weighted by molar-refractivity contribution is 5.50. The van der Waals surface area contributed by atoms with Gasteiger partial charge in [-0.3, -0.25) is 10.1 Å². The van der Waals surface area contributed by atoms with E-state index in [1.165, 1.54) is 25.3 Å². The second-order valence-corrected chi connectivity index (χ2v) is 4.25. The van der Waals surface area contributed by atoms with Gasteiger partial charge in [0.15, 0.2) is 17.4 Å². The Morgan fingerprint density at radius 3 is 2.57 bits per heavy atom. The molecule has 0 saturated carbocycles. The fraction of sp³-hybridized carbons (Fsp3) is 0.143. The van der Waals surface area contributed by atoms with E-state index in [1.54, 1.807) is 6.07 Å². The molecule has 2 aromatic carbocycles. The van der Waals surface area contributed by atoms with E-state index in [0.717, 1.165) is 12.1 Å². The number of hydrogen-bond acceptors (Lipinski definition) is 4. The average Bonchev–Trinajstić information content (AvgIpc) is 2.48. The highest BCUT2D eigenvalue weighted by Crippen LogP contribution is 2.27. The number of nitro benzene ring substituents is 1. The summed E-state index contributed by atoms with van der Waals surface area (Å²) in [6.07, 6.45) is 0. The molecule has 0 bridgehead atoms. The number of nitrogens with one attached hydrogen (secondary N) is 1. The van der Waals surface area contributed by atoms with Crippen molar-refractivity contribution in [3.63, 3.8) is 0 Å². The topological polar surface area (TPSA) is 64.4 Å². The van der Waals surface area contributed by atoms with Crippen LogP contribution in [0.3, 0.4) is 0 Å². The number of nitrogens with zero attached hydrogens (tertiary/aromatic N) is 1. The van der Waals surface area contributed by atoms with Crippen LogP contribution in [0.5, 0.6) is 5.75 Å². The number of anilines is 1. The molecule has 0 aromatic heterocycles. The first-order valence-electron chi connectivity index (χ1n) is 6.01. The van der Waals surface area contributed by atoms with Gasteiger partial charge in [0.1, 0.15) is 0 Å². The molecular formula is C14H12F2N2O3. The predicted molar refractivity (Wildman–Crippen MR) is 73.3 cm³/mol. The highest BCUT2D eigenvalue weighted by Gasteiger charge is 2.15. The van der Waals surface area contributed by atoms with Gasteiger partial charge in [0, 0.05) is 24.4 Å². The molecule has 5 nitrogen and oxygen atoms in total. The first kappa shape index (κ1) is 14.7. The Morgan fingerprint density at radius 1 is 1.19 bits per heavy atom. The smallest absolute Gasteiger partial charge is 0.311 e. The van der Waals surface area contributed by atoms with Crippen LogP contribution in [0, 0.1) is 21.7 Å². The Bertz CT molecular complexity index is 677. The van der Waals surface area contributed by atoms with Gasteiger partial charge in [0.05, 0.1) is 12.0 Å². The third kappa shape index (κ3) is 3.44. The molecule has 7 heteroatoms. The van der Waals surface area contributed by atoms with Gasteiger partial charge in [-0.25, -0.2) is 8.78 Å². The van der Waals surface area contributed by atoms with Gasteiger partial charge in [0.2, 0.25) is 0 Å². The Morgan fingerprint density at radius 2 is 1.95 bits per heavy atom. The van der Waals surface area contributed by atoms with E-state index in [4.69, 9.17) is 4.74 Å². The summed E-state index contributed by atoms with van der Waals surface area (Å²) in [5.74, 6) is -1.72. The van der Waals surface area contributed by atoms with Crippen molar-refractivity contribution in [3.8, 4) is 5.75 Å². The van der Waals surface area contributed by atoms with E-state index in [-0.39, 0.29) is 18.0 Å². The molecule has 0 aliphatic carbocycles. The van der Waals surface area contributed by atoms with Gasteiger partial charge >= 0.3 is 5.69 Å². The molecule has 2 rings (SSSR count). The SMILES string of the molecule is COc1ccc(CNc2ccc(F)c(F)c2)cc1[N+](=O)[O-]. The number of nitro groups is 1. The molecule has 110 valence electrons. The molecule has 0 amide bonds. The molecule has 0 heterocycles. The van der Waals surface area contributed by atoms with Gasteiger partial charge in [0.25, 0.3) is 0 Å². The van der Waals surface area contributed by atoms with Gasteiger partial charge < -0.3 is 10.1 Å². The van der Waals surface area contributed by atoms with Gasteiger partial charge in [-0.05, 0) is 23.8 Å². The summed E-state index contributed by atoms with van der Waals surface area (Å²) in [6.45, 7) is 0.232. The second kappa shape index (κ2) is 6.17. The first-order chi connectivity index (χ1) is 10.0. The van der Waals surface area contributed by atoms with Crippen LogP contribution in [0.1, 0.15) is 5.56 Å². The van der Waals surface area contributed by atoms with Crippen molar-refractivity contribution in [2.75, 3.05) is 12.4 Å². The quantitative estimate of drug-likeness (QED) is 0.677. The van der Waals surface area contributed by atoms with Crippen molar-refractivity contribution >= 4 is 11.4 Å². The summed E-state index contributed by atoms with van der Waals surface area (Å²) >= 11 is 0. The minimum absolute atomic E-state index is 0.151. The molecule has 2 aromatic rings. The third-order valence-electron chi connectivity index (χ3n) is 2.86. The fourth-order valence-corrected chi connectivity index (χ4v) is 1.80. The van der Waals surface area contributed by atoms with Crippen molar-refractivity contribution < 1.29 is 18.4 Å². The fourth-order valence-electron chi connectivity index (χ4n) is 1.80. The summed E-state index contributed by atoms with van der Waals surface area (Å²) in [5, 5.41) is 13.8. The lowest BCUT2D eigenvalue weighted by molar-refractivity contribution is -0.385. The van der Waals surface area contributed by atoms with Crippen LogP contribution in [0.15, 0.2) is 36.4 Å². The Labute approximate surface area is 119 Å². The monoisotopic (exact) mass is 294 g/mol. The predicted octanol–water partition coefficient (Wildman–Crippen LogP) is 3.49. The molecule has 0 unspecified atom stereocenters. The molecular weight excluding hydrogens is 282 g/mol. The van der Waals surface area contributed by atoms with Crippen molar-refractivity contribution in [3.05, 3.63) is 63.7 Å². The third-order valence-corrected chi connectivity index (χ3v) is 2.86. The molecule has 0 radical (unpaired) electrons. The van der Waals surface area contributed by atoms with E-state index < -0.39 is 16.6 Å². The summed E-state index contributed by atoms with van der Waals surface area (Å²) < 4.78 is 30.7. The summed E-state index contributed by atoms with van der Waals surface area (Å²) in [4.78, 5) is 10.4. The van der Waals surface area contributed by atoms with E-state index in [9.17, 15) is 18.9 Å². The number of hydrogen-bond donors (Lipinski definition) is 1. The first-order valence-corrected chi connectivity index (χ1v) is 6.01. The maximum Gasteiger partial charge on any atom is 0.311 e. The van der Waals surface area contributed by atoms with Gasteiger partial charge in [-0.1, -0.05) is 6.07 Å². The maximum absolute atomic E-state index is 13.1. The Hall–Kier alpha value is -2.70. The molecule has 0 saturated heterocycles. The molecule has 0 aliphatic heterocycles. The van der Waals surface area contributed by atoms with Gasteiger partial charge in [-0.15, -0.1) is 0 Å². The largest absolute Gasteiger partial charge is 0.490 e. The lowest BCUT2D eigenvalue weighted by Gasteiger charge is -2.08. The number of benzene rings is 2. The van der Waals surface area contributed by atoms with Crippen molar-refractivity contribution in [1.82, 2.24) is 0 Å². The zero-order valence-electron chi connectivity index (χ0n) is 11.1. The number of methoxy groups -OCH3 is 1. The number of halogens is 2. The van der Waals surface area contributed by atoms with Crippen LogP contribution in [0.25, 0.3) is 0 Å². The van der Waals surface area contributed by atoms with Gasteiger partial charge in [-0.2, -0.15) is 0 Å². The lowest BCUT2D eigenvalue weighted by atomic mass is 10.2. The van der Waals surface area contributed by atoms with E-state index in [0.29, 0.717) is 11.3 Å². The minimum Gasteiger partial charge on any atom is -0.490 e. The van der Waals surface area contributed by atoms with Crippen LogP contribution < -0.4 is 10.1 Å². The normalized spacial score (nSPS) is 10.2. The maximum atomic E-state index is 13.1. The number of rotatable bonds is 5. The van der Waals surface area contributed by atoms with Crippen LogP contribution in [-0.2, 0) is 6.54 Å². The lowest BCUT2D eigenvalue weighted by Crippen LogP contribution is -2.02. The molecule has 1 N–H and O–H groups in total. The molecule has 0 fully saturated rings. The molecule has 0 spiro atoms.